The van der Waals surface area contributed by atoms with Gasteiger partial charge in [-0.2, -0.15) is 0 Å². The summed E-state index contributed by atoms with van der Waals surface area (Å²) in [7, 11) is 0. The zero-order chi connectivity index (χ0) is 28.7. The molecule has 5 aliphatic rings. The first-order chi connectivity index (χ1) is 19.0. The highest BCUT2D eigenvalue weighted by molar-refractivity contribution is 6.01. The number of esters is 1. The SMILES string of the molecule is C[C@]12C=CC(=O)C=C1CC[C@@H]1[C@@H]2[C@@H](O)C[C@@]2(C)[C@H]1CC[C@]2(O)C(=O)COC(=O)CCC(=O)NCC1CCCCC1. The smallest absolute Gasteiger partial charge is 0.306 e. The zero-order valence-corrected chi connectivity index (χ0v) is 24.0. The number of rotatable bonds is 8. The van der Waals surface area contributed by atoms with E-state index in [1.807, 2.05) is 13.0 Å². The third-order valence-corrected chi connectivity index (χ3v) is 11.3. The number of ether oxygens (including phenoxy) is 1. The lowest BCUT2D eigenvalue weighted by Crippen LogP contribution is -2.61. The minimum atomic E-state index is -1.70. The summed E-state index contributed by atoms with van der Waals surface area (Å²) < 4.78 is 5.24. The maximum Gasteiger partial charge on any atom is 0.306 e. The van der Waals surface area contributed by atoms with Crippen LogP contribution < -0.4 is 5.32 Å². The maximum atomic E-state index is 13.4. The van der Waals surface area contributed by atoms with E-state index in [1.54, 1.807) is 12.2 Å². The molecule has 5 rings (SSSR count). The quantitative estimate of drug-likeness (QED) is 0.390. The molecule has 0 radical (unpaired) electrons. The number of hydrogen-bond acceptors (Lipinski definition) is 7. The Balaban J connectivity index is 1.16. The number of carbonyl (C=O) groups excluding carboxylic acids is 4. The molecule has 0 spiro atoms. The summed E-state index contributed by atoms with van der Waals surface area (Å²) in [5.74, 6) is -0.832. The highest BCUT2D eigenvalue weighted by Gasteiger charge is 2.68. The van der Waals surface area contributed by atoms with Crippen LogP contribution >= 0.6 is 0 Å². The number of nitrogens with one attached hydrogen (secondary N) is 1. The van der Waals surface area contributed by atoms with Crippen molar-refractivity contribution in [3.05, 3.63) is 23.8 Å². The van der Waals surface area contributed by atoms with E-state index < -0.39 is 40.9 Å². The first-order valence-electron chi connectivity index (χ1n) is 15.3. The standard InChI is InChI=1S/C32H45NO7/c1-30-14-12-22(34)16-21(30)8-9-23-24-13-15-32(39,31(24,2)17-25(35)29(23)30)26(36)19-40-28(38)11-10-27(37)33-18-20-6-4-3-5-7-20/h12,14,16,20,23-25,29,35,39H,3-11,13,15,17-19H2,1-2H3,(H,33,37)/t23-,24-,25-,29+,30-,31-,32-/m0/s1. The molecule has 0 saturated heterocycles. The van der Waals surface area contributed by atoms with Crippen molar-refractivity contribution < 1.29 is 34.1 Å². The van der Waals surface area contributed by atoms with Gasteiger partial charge in [-0.05, 0) is 74.9 Å². The second-order valence-electron chi connectivity index (χ2n) is 13.5. The minimum absolute atomic E-state index is 0.00824. The van der Waals surface area contributed by atoms with Gasteiger partial charge in [-0.3, -0.25) is 19.2 Å². The van der Waals surface area contributed by atoms with Crippen molar-refractivity contribution in [1.82, 2.24) is 5.32 Å². The molecule has 4 saturated carbocycles. The van der Waals surface area contributed by atoms with Crippen molar-refractivity contribution >= 4 is 23.4 Å². The predicted octanol–water partition coefficient (Wildman–Crippen LogP) is 3.59. The van der Waals surface area contributed by atoms with Crippen LogP contribution in [0.3, 0.4) is 0 Å². The average Bonchev–Trinajstić information content (AvgIpc) is 3.20. The fourth-order valence-corrected chi connectivity index (χ4v) is 9.08. The Kier molecular flexibility index (Phi) is 8.14. The Morgan fingerprint density at radius 1 is 1.07 bits per heavy atom. The first kappa shape index (κ1) is 29.2. The van der Waals surface area contributed by atoms with Crippen LogP contribution in [-0.4, -0.2) is 58.5 Å². The second-order valence-corrected chi connectivity index (χ2v) is 13.5. The number of ketones is 2. The van der Waals surface area contributed by atoms with Gasteiger partial charge in [-0.1, -0.05) is 44.8 Å². The molecule has 0 aliphatic heterocycles. The van der Waals surface area contributed by atoms with Gasteiger partial charge in [0.2, 0.25) is 11.7 Å². The topological polar surface area (TPSA) is 130 Å². The summed E-state index contributed by atoms with van der Waals surface area (Å²) in [4.78, 5) is 50.0. The van der Waals surface area contributed by atoms with Gasteiger partial charge in [-0.25, -0.2) is 0 Å². The monoisotopic (exact) mass is 555 g/mol. The predicted molar refractivity (Wildman–Crippen MR) is 148 cm³/mol. The molecule has 3 N–H and O–H groups in total. The highest BCUT2D eigenvalue weighted by atomic mass is 16.5. The van der Waals surface area contributed by atoms with Crippen molar-refractivity contribution in [2.75, 3.05) is 13.2 Å². The second kappa shape index (κ2) is 11.2. The molecule has 5 aliphatic carbocycles. The molecule has 4 fully saturated rings. The molecule has 0 aromatic heterocycles. The summed E-state index contributed by atoms with van der Waals surface area (Å²) >= 11 is 0. The molecule has 1 amide bonds. The van der Waals surface area contributed by atoms with Crippen molar-refractivity contribution in [2.45, 2.75) is 103 Å². The highest BCUT2D eigenvalue weighted by Crippen LogP contribution is 2.67. The largest absolute Gasteiger partial charge is 0.458 e. The fraction of sp³-hybridized carbons (Fsp3) is 0.750. The number of aliphatic hydroxyl groups excluding tert-OH is 1. The van der Waals surface area contributed by atoms with E-state index in [0.717, 1.165) is 31.3 Å². The summed E-state index contributed by atoms with van der Waals surface area (Å²) in [6.45, 7) is 4.08. The van der Waals surface area contributed by atoms with Crippen LogP contribution in [0.25, 0.3) is 0 Å². The Bertz CT molecular complexity index is 1110. The van der Waals surface area contributed by atoms with Gasteiger partial charge in [0.25, 0.3) is 0 Å². The Morgan fingerprint density at radius 2 is 1.82 bits per heavy atom. The minimum Gasteiger partial charge on any atom is -0.458 e. The summed E-state index contributed by atoms with van der Waals surface area (Å²) in [6, 6.07) is 0. The summed E-state index contributed by atoms with van der Waals surface area (Å²) in [5, 5.41) is 26.2. The molecule has 8 heteroatoms. The van der Waals surface area contributed by atoms with Gasteiger partial charge in [0.1, 0.15) is 5.60 Å². The maximum absolute atomic E-state index is 13.4. The molecule has 40 heavy (non-hydrogen) atoms. The lowest BCUT2D eigenvalue weighted by atomic mass is 9.46. The Morgan fingerprint density at radius 3 is 2.58 bits per heavy atom. The fourth-order valence-electron chi connectivity index (χ4n) is 9.08. The van der Waals surface area contributed by atoms with E-state index in [1.165, 1.54) is 19.3 Å². The van der Waals surface area contributed by atoms with Crippen LogP contribution in [0.1, 0.15) is 90.9 Å². The van der Waals surface area contributed by atoms with E-state index in [4.69, 9.17) is 4.74 Å². The molecule has 0 heterocycles. The number of carbonyl (C=O) groups is 4. The summed E-state index contributed by atoms with van der Waals surface area (Å²) in [5.41, 5.74) is -1.90. The van der Waals surface area contributed by atoms with Crippen molar-refractivity contribution in [2.24, 2.45) is 34.5 Å². The molecule has 0 unspecified atom stereocenters. The molecular formula is C32H45NO7. The first-order valence-corrected chi connectivity index (χ1v) is 15.3. The van der Waals surface area contributed by atoms with Gasteiger partial charge in [-0.15, -0.1) is 0 Å². The number of allylic oxidation sites excluding steroid dienone is 4. The lowest BCUT2D eigenvalue weighted by molar-refractivity contribution is -0.181. The van der Waals surface area contributed by atoms with Gasteiger partial charge in [0, 0.05) is 29.7 Å². The van der Waals surface area contributed by atoms with Crippen LogP contribution in [0.5, 0.6) is 0 Å². The number of fused-ring (bicyclic) bond motifs is 5. The van der Waals surface area contributed by atoms with Crippen LogP contribution in [0, 0.1) is 34.5 Å². The van der Waals surface area contributed by atoms with Gasteiger partial charge in [0.05, 0.1) is 12.5 Å². The van der Waals surface area contributed by atoms with Gasteiger partial charge >= 0.3 is 5.97 Å². The van der Waals surface area contributed by atoms with Crippen molar-refractivity contribution in [3.63, 3.8) is 0 Å². The number of hydrogen-bond donors (Lipinski definition) is 3. The molecule has 7 atom stereocenters. The van der Waals surface area contributed by atoms with E-state index in [9.17, 15) is 29.4 Å². The third-order valence-electron chi connectivity index (χ3n) is 11.3. The van der Waals surface area contributed by atoms with E-state index >= 15 is 0 Å². The lowest BCUT2D eigenvalue weighted by Gasteiger charge is -2.59. The number of aliphatic hydroxyl groups is 2. The van der Waals surface area contributed by atoms with Crippen LogP contribution in [0.15, 0.2) is 23.8 Å². The van der Waals surface area contributed by atoms with Crippen LogP contribution in [0.4, 0.5) is 0 Å². The van der Waals surface area contributed by atoms with E-state index in [0.29, 0.717) is 18.9 Å². The summed E-state index contributed by atoms with van der Waals surface area (Å²) in [6.07, 6.45) is 13.0. The van der Waals surface area contributed by atoms with E-state index in [2.05, 4.69) is 12.2 Å². The van der Waals surface area contributed by atoms with Gasteiger partial charge in [0.15, 0.2) is 12.4 Å². The molecule has 220 valence electrons. The molecule has 0 aromatic carbocycles. The molecule has 0 bridgehead atoms. The van der Waals surface area contributed by atoms with Crippen molar-refractivity contribution in [3.8, 4) is 0 Å². The van der Waals surface area contributed by atoms with E-state index in [-0.39, 0.29) is 55.1 Å². The molecule has 0 aromatic rings. The zero-order valence-electron chi connectivity index (χ0n) is 24.0. The van der Waals surface area contributed by atoms with Crippen molar-refractivity contribution in [1.29, 1.82) is 0 Å². The average molecular weight is 556 g/mol. The third kappa shape index (κ3) is 5.11. The number of amides is 1. The Hall–Kier alpha value is -2.32. The molecule has 8 nitrogen and oxygen atoms in total. The van der Waals surface area contributed by atoms with Crippen LogP contribution in [0.2, 0.25) is 0 Å². The van der Waals surface area contributed by atoms with Gasteiger partial charge < -0.3 is 20.3 Å². The number of Topliss-reactive ketones (excluding diaryl/α,β-unsaturated/α-hetero) is 1. The normalized spacial score (nSPS) is 39.0. The Labute approximate surface area is 237 Å². The van der Waals surface area contributed by atoms with Crippen LogP contribution in [-0.2, 0) is 23.9 Å². The molecular weight excluding hydrogens is 510 g/mol.